The maximum Gasteiger partial charge on any atom is 0.216 e. The topological polar surface area (TPSA) is 46.6 Å². The lowest BCUT2D eigenvalue weighted by molar-refractivity contribution is 0.126. The minimum absolute atomic E-state index is 0.0861. The lowest BCUT2D eigenvalue weighted by Crippen LogP contribution is -2.45. The summed E-state index contributed by atoms with van der Waals surface area (Å²) in [7, 11) is -3.14. The van der Waals surface area contributed by atoms with Crippen LogP contribution in [0.15, 0.2) is 0 Å². The van der Waals surface area contributed by atoms with Crippen molar-refractivity contribution < 1.29 is 13.2 Å². The van der Waals surface area contributed by atoms with E-state index < -0.39 is 10.0 Å². The van der Waals surface area contributed by atoms with E-state index in [9.17, 15) is 8.42 Å². The second kappa shape index (κ2) is 5.55. The van der Waals surface area contributed by atoms with Gasteiger partial charge in [-0.15, -0.1) is 0 Å². The molecule has 0 bridgehead atoms. The van der Waals surface area contributed by atoms with E-state index in [1.807, 2.05) is 0 Å². The zero-order chi connectivity index (χ0) is 12.5. The Balaban J connectivity index is 1.95. The van der Waals surface area contributed by atoms with Crippen LogP contribution in [0.4, 0.5) is 0 Å². The highest BCUT2D eigenvalue weighted by atomic mass is 79.9. The van der Waals surface area contributed by atoms with Crippen LogP contribution in [0, 0.1) is 5.92 Å². The highest BCUT2D eigenvalue weighted by Gasteiger charge is 2.33. The van der Waals surface area contributed by atoms with Gasteiger partial charge in [0, 0.05) is 24.5 Å². The van der Waals surface area contributed by atoms with Gasteiger partial charge in [0.25, 0.3) is 0 Å². The molecule has 100 valence electrons. The van der Waals surface area contributed by atoms with Gasteiger partial charge < -0.3 is 4.74 Å². The molecule has 17 heavy (non-hydrogen) atoms. The molecule has 0 aromatic heterocycles. The van der Waals surface area contributed by atoms with E-state index in [1.54, 1.807) is 4.31 Å². The Morgan fingerprint density at radius 2 is 2.18 bits per heavy atom. The van der Waals surface area contributed by atoms with Gasteiger partial charge >= 0.3 is 0 Å². The summed E-state index contributed by atoms with van der Waals surface area (Å²) in [6, 6.07) is 0. The molecule has 2 rings (SSSR count). The first kappa shape index (κ1) is 13.8. The molecule has 2 heterocycles. The molecule has 0 amide bonds. The molecular formula is C11H20BrNO3S. The Morgan fingerprint density at radius 3 is 2.76 bits per heavy atom. The van der Waals surface area contributed by atoms with Gasteiger partial charge in [0.1, 0.15) is 0 Å². The predicted molar refractivity (Wildman–Crippen MR) is 70.8 cm³/mol. The molecule has 0 aliphatic carbocycles. The van der Waals surface area contributed by atoms with Crippen LogP contribution in [-0.4, -0.2) is 49.1 Å². The lowest BCUT2D eigenvalue weighted by Gasteiger charge is -2.33. The van der Waals surface area contributed by atoms with E-state index >= 15 is 0 Å². The number of alkyl halides is 1. The Labute approximate surface area is 112 Å². The molecular weight excluding hydrogens is 306 g/mol. The van der Waals surface area contributed by atoms with E-state index in [2.05, 4.69) is 22.9 Å². The largest absolute Gasteiger partial charge is 0.377 e. The van der Waals surface area contributed by atoms with Crippen LogP contribution >= 0.6 is 15.9 Å². The number of sulfonamides is 1. The molecule has 3 atom stereocenters. The molecule has 2 aliphatic rings. The maximum absolute atomic E-state index is 12.2. The third kappa shape index (κ3) is 3.43. The summed E-state index contributed by atoms with van der Waals surface area (Å²) in [5, 5.41) is 0. The highest BCUT2D eigenvalue weighted by Crippen LogP contribution is 2.26. The van der Waals surface area contributed by atoms with Gasteiger partial charge in [-0.05, 0) is 25.2 Å². The van der Waals surface area contributed by atoms with E-state index in [4.69, 9.17) is 4.74 Å². The third-order valence-electron chi connectivity index (χ3n) is 3.58. The van der Waals surface area contributed by atoms with E-state index in [-0.39, 0.29) is 11.9 Å². The van der Waals surface area contributed by atoms with Crippen molar-refractivity contribution in [3.8, 4) is 0 Å². The number of ether oxygens (including phenoxy) is 1. The summed E-state index contributed by atoms with van der Waals surface area (Å²) in [5.74, 6) is 0.537. The molecule has 0 aromatic rings. The summed E-state index contributed by atoms with van der Waals surface area (Å²) in [4.78, 5) is 0.441. The smallest absolute Gasteiger partial charge is 0.216 e. The highest BCUT2D eigenvalue weighted by molar-refractivity contribution is 9.09. The minimum atomic E-state index is -3.14. The monoisotopic (exact) mass is 325 g/mol. The van der Waals surface area contributed by atoms with Gasteiger partial charge in [0.2, 0.25) is 10.0 Å². The van der Waals surface area contributed by atoms with Gasteiger partial charge in [-0.1, -0.05) is 22.9 Å². The first-order valence-electron chi connectivity index (χ1n) is 6.22. The molecule has 0 N–H and O–H groups in total. The van der Waals surface area contributed by atoms with Gasteiger partial charge in [-0.3, -0.25) is 0 Å². The predicted octanol–water partition coefficient (Wildman–Crippen LogP) is 1.60. The van der Waals surface area contributed by atoms with Crippen LogP contribution in [0.3, 0.4) is 0 Å². The molecule has 2 saturated heterocycles. The summed E-state index contributed by atoms with van der Waals surface area (Å²) in [5.41, 5.74) is 0. The lowest BCUT2D eigenvalue weighted by atomic mass is 10.0. The Bertz CT molecular complexity index is 354. The number of hydrogen-bond acceptors (Lipinski definition) is 3. The van der Waals surface area contributed by atoms with E-state index in [0.29, 0.717) is 30.4 Å². The number of nitrogens with zero attached hydrogens (tertiary/aromatic N) is 1. The van der Waals surface area contributed by atoms with Crippen LogP contribution < -0.4 is 0 Å². The van der Waals surface area contributed by atoms with Crippen molar-refractivity contribution in [2.75, 3.05) is 25.4 Å². The Morgan fingerprint density at radius 1 is 1.41 bits per heavy atom. The fraction of sp³-hybridized carbons (Fsp3) is 1.00. The van der Waals surface area contributed by atoms with Gasteiger partial charge in [-0.2, -0.15) is 0 Å². The minimum Gasteiger partial charge on any atom is -0.377 e. The molecule has 2 aliphatic heterocycles. The van der Waals surface area contributed by atoms with Crippen LogP contribution in [-0.2, 0) is 14.8 Å². The molecule has 0 radical (unpaired) electrons. The first-order valence-corrected chi connectivity index (χ1v) is 8.75. The molecule has 2 fully saturated rings. The molecule has 6 heteroatoms. The number of rotatable bonds is 3. The molecule has 4 nitrogen and oxygen atoms in total. The number of hydrogen-bond donors (Lipinski definition) is 0. The van der Waals surface area contributed by atoms with Crippen LogP contribution in [0.25, 0.3) is 0 Å². The standard InChI is InChI=1S/C11H20BrNO3S/c1-9-7-13(5-4-11(9)12)17(14,15)8-10-3-2-6-16-10/h9-11H,2-8H2,1H3. The van der Waals surface area contributed by atoms with E-state index in [0.717, 1.165) is 19.3 Å². The van der Waals surface area contributed by atoms with Crippen molar-refractivity contribution in [2.24, 2.45) is 5.92 Å². The van der Waals surface area contributed by atoms with Crippen molar-refractivity contribution in [3.63, 3.8) is 0 Å². The summed E-state index contributed by atoms with van der Waals surface area (Å²) in [6.07, 6.45) is 2.67. The molecule has 0 spiro atoms. The van der Waals surface area contributed by atoms with Crippen molar-refractivity contribution in [1.29, 1.82) is 0 Å². The average molecular weight is 326 g/mol. The van der Waals surface area contributed by atoms with E-state index in [1.165, 1.54) is 0 Å². The summed E-state index contributed by atoms with van der Waals surface area (Å²) in [6.45, 7) is 4.06. The molecule has 3 unspecified atom stereocenters. The molecule has 0 saturated carbocycles. The Hall–Kier alpha value is 0.350. The summed E-state index contributed by atoms with van der Waals surface area (Å²) < 4.78 is 31.5. The SMILES string of the molecule is CC1CN(S(=O)(=O)CC2CCCO2)CCC1Br. The van der Waals surface area contributed by atoms with Crippen LogP contribution in [0.2, 0.25) is 0 Å². The van der Waals surface area contributed by atoms with Crippen molar-refractivity contribution in [2.45, 2.75) is 37.1 Å². The van der Waals surface area contributed by atoms with Crippen molar-refractivity contribution >= 4 is 26.0 Å². The average Bonchev–Trinajstić information content (AvgIpc) is 2.73. The first-order chi connectivity index (χ1) is 7.99. The van der Waals surface area contributed by atoms with Gasteiger partial charge in [0.05, 0.1) is 11.9 Å². The van der Waals surface area contributed by atoms with Crippen molar-refractivity contribution in [3.05, 3.63) is 0 Å². The third-order valence-corrected chi connectivity index (χ3v) is 6.85. The van der Waals surface area contributed by atoms with Crippen LogP contribution in [0.5, 0.6) is 0 Å². The number of piperidine rings is 1. The zero-order valence-corrected chi connectivity index (χ0v) is 12.5. The van der Waals surface area contributed by atoms with Crippen LogP contribution in [0.1, 0.15) is 26.2 Å². The molecule has 0 aromatic carbocycles. The fourth-order valence-corrected chi connectivity index (χ4v) is 4.61. The normalized spacial score (nSPS) is 36.2. The number of halogens is 1. The Kier molecular flexibility index (Phi) is 4.50. The second-order valence-electron chi connectivity index (χ2n) is 5.05. The quantitative estimate of drug-likeness (QED) is 0.740. The summed E-state index contributed by atoms with van der Waals surface area (Å²) >= 11 is 3.59. The maximum atomic E-state index is 12.2. The zero-order valence-electron chi connectivity index (χ0n) is 10.1. The fourth-order valence-electron chi connectivity index (χ4n) is 2.45. The van der Waals surface area contributed by atoms with Gasteiger partial charge in [0.15, 0.2) is 0 Å². The second-order valence-corrected chi connectivity index (χ2v) is 8.24. The van der Waals surface area contributed by atoms with Crippen molar-refractivity contribution in [1.82, 2.24) is 4.31 Å². The van der Waals surface area contributed by atoms with Gasteiger partial charge in [-0.25, -0.2) is 12.7 Å².